The van der Waals surface area contributed by atoms with E-state index in [1.54, 1.807) is 6.33 Å². The summed E-state index contributed by atoms with van der Waals surface area (Å²) in [6.45, 7) is 9.29. The Morgan fingerprint density at radius 3 is 1.49 bits per heavy atom. The number of nitrogens with one attached hydrogen (secondary N) is 1. The third-order valence-electron chi connectivity index (χ3n) is 16.7. The summed E-state index contributed by atoms with van der Waals surface area (Å²) < 4.78 is 10.0. The van der Waals surface area contributed by atoms with Crippen LogP contribution in [0.15, 0.2) is 120 Å². The smallest absolute Gasteiger partial charge is 0.300 e. The Kier molecular flexibility index (Phi) is 14.3. The van der Waals surface area contributed by atoms with E-state index < -0.39 is 0 Å². The number of nitrogen functional groups attached to an aromatic ring is 2. The van der Waals surface area contributed by atoms with Crippen molar-refractivity contribution in [3.05, 3.63) is 127 Å². The van der Waals surface area contributed by atoms with Gasteiger partial charge in [-0.2, -0.15) is 20.4 Å². The van der Waals surface area contributed by atoms with Crippen LogP contribution in [0, 0.1) is 11.3 Å². The number of anilines is 4. The van der Waals surface area contributed by atoms with Crippen molar-refractivity contribution in [3.8, 4) is 28.6 Å². The number of piperazine rings is 2. The Bertz CT molecular complexity index is 3450. The lowest BCUT2D eigenvalue weighted by atomic mass is 9.90. The van der Waals surface area contributed by atoms with Crippen molar-refractivity contribution >= 4 is 56.5 Å². The summed E-state index contributed by atoms with van der Waals surface area (Å²) in [5.74, 6) is 0.593. The molecule has 77 heavy (non-hydrogen) atoms. The number of nitriles is 1. The molecule has 2 aliphatic heterocycles. The molecule has 2 saturated heterocycles. The standard InChI is InChI=1S/C30H34N8.C29H33N9O/c1-36-15-17-37(18-16-36)24-11-13-25(14-12-24)38-30-27(29(32)33-20-34-30)28(35-38)23-9-7-22(8-10-23)26(19-31)21-5-3-2-4-6-21;1-36-14-16-37(17-15-36)21-10-12-22(13-11-21)38-28-25(27(30)31-18-32-28)26(35-38)19-6-8-20(9-7-19)33-29-34-23-4-2-3-5-24(23)39-29/h2-10,20,24-26H,11-18H2,1H3,(H2,32,33,34);2-9,18,21-22H,10-17H2,1H3,(H,33,34)(H2,30,31,32). The van der Waals surface area contributed by atoms with Gasteiger partial charge in [-0.05, 0) is 101 Å². The van der Waals surface area contributed by atoms with Gasteiger partial charge in [-0.3, -0.25) is 9.80 Å². The van der Waals surface area contributed by atoms with E-state index >= 15 is 0 Å². The molecule has 18 nitrogen and oxygen atoms in total. The summed E-state index contributed by atoms with van der Waals surface area (Å²) >= 11 is 0. The number of para-hydroxylation sites is 2. The van der Waals surface area contributed by atoms with Gasteiger partial charge in [0.1, 0.15) is 41.2 Å². The largest absolute Gasteiger partial charge is 0.423 e. The molecule has 5 aromatic heterocycles. The highest BCUT2D eigenvalue weighted by atomic mass is 16.4. The van der Waals surface area contributed by atoms with Crippen LogP contribution in [0.2, 0.25) is 0 Å². The number of nitrogens with zero attached hydrogens (tertiary/aromatic N) is 14. The Hall–Kier alpha value is -7.82. The van der Waals surface area contributed by atoms with Gasteiger partial charge < -0.3 is 31.0 Å². The first-order valence-electron chi connectivity index (χ1n) is 27.3. The summed E-state index contributed by atoms with van der Waals surface area (Å²) in [5, 5.41) is 24.9. The number of nitrogens with two attached hydrogens (primary N) is 2. The first-order chi connectivity index (χ1) is 37.7. The predicted molar refractivity (Wildman–Crippen MR) is 302 cm³/mol. The fourth-order valence-electron chi connectivity index (χ4n) is 12.2. The fraction of sp³-hybridized carbons (Fsp3) is 0.390. The summed E-state index contributed by atoms with van der Waals surface area (Å²) in [4.78, 5) is 32.5. The van der Waals surface area contributed by atoms with Gasteiger partial charge in [0.15, 0.2) is 16.9 Å². The molecule has 0 amide bonds. The summed E-state index contributed by atoms with van der Waals surface area (Å²) in [5.41, 5.74) is 22.3. The molecule has 1 unspecified atom stereocenters. The molecule has 9 aromatic rings. The third kappa shape index (κ3) is 10.4. The minimum atomic E-state index is -0.316. The summed E-state index contributed by atoms with van der Waals surface area (Å²) in [7, 11) is 4.42. The molecule has 0 radical (unpaired) electrons. The molecule has 18 heteroatoms. The fourth-order valence-corrected chi connectivity index (χ4v) is 12.2. The van der Waals surface area contributed by atoms with Crippen molar-refractivity contribution in [2.45, 2.75) is 81.5 Å². The van der Waals surface area contributed by atoms with Crippen LogP contribution in [-0.2, 0) is 0 Å². The molecule has 0 bridgehead atoms. The molecule has 7 heterocycles. The van der Waals surface area contributed by atoms with Crippen molar-refractivity contribution in [1.82, 2.24) is 64.1 Å². The van der Waals surface area contributed by atoms with Gasteiger partial charge in [0.2, 0.25) is 0 Å². The number of benzene rings is 4. The highest BCUT2D eigenvalue weighted by Crippen LogP contribution is 2.40. The lowest BCUT2D eigenvalue weighted by Crippen LogP contribution is -2.49. The maximum Gasteiger partial charge on any atom is 0.300 e. The van der Waals surface area contributed by atoms with Crippen LogP contribution in [0.5, 0.6) is 0 Å². The zero-order valence-electron chi connectivity index (χ0n) is 44.0. The van der Waals surface area contributed by atoms with Gasteiger partial charge in [-0.25, -0.2) is 29.3 Å². The second-order valence-electron chi connectivity index (χ2n) is 21.4. The van der Waals surface area contributed by atoms with E-state index in [1.165, 1.54) is 45.1 Å². The first-order valence-corrected chi connectivity index (χ1v) is 27.3. The van der Waals surface area contributed by atoms with Crippen LogP contribution >= 0.6 is 0 Å². The lowest BCUT2D eigenvalue weighted by molar-refractivity contribution is 0.0815. The van der Waals surface area contributed by atoms with Gasteiger partial charge >= 0.3 is 0 Å². The Morgan fingerprint density at radius 1 is 0.545 bits per heavy atom. The zero-order chi connectivity index (χ0) is 52.4. The van der Waals surface area contributed by atoms with E-state index in [1.807, 2.05) is 103 Å². The van der Waals surface area contributed by atoms with Crippen LogP contribution in [0.1, 0.15) is 80.5 Å². The Morgan fingerprint density at radius 2 is 1.00 bits per heavy atom. The number of rotatable bonds is 10. The zero-order valence-corrected chi connectivity index (χ0v) is 44.0. The van der Waals surface area contributed by atoms with Crippen LogP contribution in [0.3, 0.4) is 0 Å². The normalized spacial score (nSPS) is 21.4. The molecule has 4 aliphatic rings. The van der Waals surface area contributed by atoms with E-state index in [0.717, 1.165) is 137 Å². The minimum absolute atomic E-state index is 0.296. The van der Waals surface area contributed by atoms with Gasteiger partial charge in [-0.15, -0.1) is 0 Å². The molecule has 4 fully saturated rings. The molecule has 4 aromatic carbocycles. The highest BCUT2D eigenvalue weighted by molar-refractivity contribution is 5.99. The number of oxazole rings is 1. The third-order valence-corrected chi connectivity index (χ3v) is 16.7. The maximum atomic E-state index is 9.85. The maximum absolute atomic E-state index is 9.85. The molecular weight excluding hydrogens is 963 g/mol. The molecule has 1 atom stereocenters. The van der Waals surface area contributed by atoms with E-state index in [4.69, 9.17) is 26.1 Å². The molecule has 394 valence electrons. The van der Waals surface area contributed by atoms with E-state index in [2.05, 4.69) is 79.4 Å². The average molecular weight is 1030 g/mol. The quantitative estimate of drug-likeness (QED) is 0.116. The van der Waals surface area contributed by atoms with Crippen molar-refractivity contribution in [1.29, 1.82) is 5.26 Å². The molecule has 13 rings (SSSR count). The predicted octanol–water partition coefficient (Wildman–Crippen LogP) is 9.15. The Balaban J connectivity index is 0.000000155. The first kappa shape index (κ1) is 50.0. The van der Waals surface area contributed by atoms with E-state index in [0.29, 0.717) is 41.8 Å². The summed E-state index contributed by atoms with van der Waals surface area (Å²) in [6, 6.07) is 38.6. The lowest BCUT2D eigenvalue weighted by Gasteiger charge is -2.41. The van der Waals surface area contributed by atoms with Crippen LogP contribution in [-0.4, -0.2) is 143 Å². The van der Waals surface area contributed by atoms with Crippen molar-refractivity contribution in [2.24, 2.45) is 0 Å². The SMILES string of the molecule is CN1CCN(C2CCC(n3nc(-c4ccc(C(C#N)c5ccccc5)cc4)c4c(N)ncnc43)CC2)CC1.CN1CCN(C2CCC(n3nc(-c4ccc(Nc5nc6ccccc6o5)cc4)c4c(N)ncnc43)CC2)CC1. The number of hydrogen-bond donors (Lipinski definition) is 3. The van der Waals surface area contributed by atoms with Crippen molar-refractivity contribution in [2.75, 3.05) is 83.2 Å². The van der Waals surface area contributed by atoms with Gasteiger partial charge in [-0.1, -0.05) is 78.9 Å². The van der Waals surface area contributed by atoms with Gasteiger partial charge in [0.05, 0.1) is 34.8 Å². The van der Waals surface area contributed by atoms with Crippen molar-refractivity contribution in [3.63, 3.8) is 0 Å². The monoisotopic (exact) mass is 1030 g/mol. The number of aromatic nitrogens is 9. The highest BCUT2D eigenvalue weighted by Gasteiger charge is 2.33. The second-order valence-corrected chi connectivity index (χ2v) is 21.4. The average Bonchev–Trinajstić information content (AvgIpc) is 4.24. The number of fused-ring (bicyclic) bond motifs is 3. The molecule has 5 N–H and O–H groups in total. The van der Waals surface area contributed by atoms with Gasteiger partial charge in [0.25, 0.3) is 6.01 Å². The molecule has 2 saturated carbocycles. The second kappa shape index (κ2) is 22.0. The van der Waals surface area contributed by atoms with Gasteiger partial charge in [0, 0.05) is 81.3 Å². The van der Waals surface area contributed by atoms with Crippen LogP contribution in [0.25, 0.3) is 55.7 Å². The molecular formula is C59H67N17O. The Labute approximate surface area is 448 Å². The minimum Gasteiger partial charge on any atom is -0.423 e. The van der Waals surface area contributed by atoms with E-state index in [9.17, 15) is 5.26 Å². The van der Waals surface area contributed by atoms with Crippen LogP contribution in [0.4, 0.5) is 23.3 Å². The number of likely N-dealkylation sites (N-methyl/N-ethyl adjacent to an activating group) is 2. The molecule has 2 aliphatic carbocycles. The molecule has 0 spiro atoms. The topological polar surface area (TPSA) is 214 Å². The number of hydrogen-bond acceptors (Lipinski definition) is 16. The van der Waals surface area contributed by atoms with Crippen molar-refractivity contribution < 1.29 is 4.42 Å². The van der Waals surface area contributed by atoms with E-state index in [-0.39, 0.29) is 5.92 Å². The van der Waals surface area contributed by atoms with Crippen LogP contribution < -0.4 is 16.8 Å². The summed E-state index contributed by atoms with van der Waals surface area (Å²) in [6.07, 6.45) is 12.1.